The number of fused-ring (bicyclic) bond motifs is 1. The van der Waals surface area contributed by atoms with Crippen LogP contribution in [0.3, 0.4) is 0 Å². The van der Waals surface area contributed by atoms with Crippen LogP contribution in [0.5, 0.6) is 0 Å². The fourth-order valence-electron chi connectivity index (χ4n) is 2.50. The predicted molar refractivity (Wildman–Crippen MR) is 107 cm³/mol. The molecule has 6 nitrogen and oxygen atoms in total. The SMILES string of the molecule is N=C1N=C(N)c2ccccc21.O=C(OC(=O)c1ccccc1)c1ccccc1. The van der Waals surface area contributed by atoms with Crippen molar-refractivity contribution in [1.82, 2.24) is 0 Å². The van der Waals surface area contributed by atoms with Crippen LogP contribution >= 0.6 is 0 Å². The van der Waals surface area contributed by atoms with E-state index in [2.05, 4.69) is 4.99 Å². The maximum absolute atomic E-state index is 11.6. The Bertz CT molecular complexity index is 995. The van der Waals surface area contributed by atoms with Crippen LogP contribution in [0.4, 0.5) is 0 Å². The van der Waals surface area contributed by atoms with E-state index in [1.807, 2.05) is 24.3 Å². The van der Waals surface area contributed by atoms with E-state index in [1.165, 1.54) is 0 Å². The molecular formula is C22H17N3O3. The van der Waals surface area contributed by atoms with E-state index in [0.29, 0.717) is 17.0 Å². The molecule has 0 radical (unpaired) electrons. The van der Waals surface area contributed by atoms with Gasteiger partial charge in [0.25, 0.3) is 0 Å². The number of hydrogen-bond donors (Lipinski definition) is 2. The van der Waals surface area contributed by atoms with Crippen LogP contribution in [0.1, 0.15) is 31.8 Å². The topological polar surface area (TPSA) is 106 Å². The number of benzene rings is 3. The highest BCUT2D eigenvalue weighted by Gasteiger charge is 2.16. The Labute approximate surface area is 161 Å². The third-order valence-corrected chi connectivity index (χ3v) is 3.89. The molecule has 3 aromatic rings. The summed E-state index contributed by atoms with van der Waals surface area (Å²) < 4.78 is 4.74. The predicted octanol–water partition coefficient (Wildman–Crippen LogP) is 3.41. The fourth-order valence-corrected chi connectivity index (χ4v) is 2.50. The Balaban J connectivity index is 0.000000176. The lowest BCUT2D eigenvalue weighted by Crippen LogP contribution is -2.12. The Kier molecular flexibility index (Phi) is 5.72. The Morgan fingerprint density at radius 3 is 1.61 bits per heavy atom. The average Bonchev–Trinajstić information content (AvgIpc) is 3.04. The van der Waals surface area contributed by atoms with E-state index in [-0.39, 0.29) is 5.84 Å². The minimum Gasteiger partial charge on any atom is -0.386 e. The van der Waals surface area contributed by atoms with Crippen molar-refractivity contribution in [3.63, 3.8) is 0 Å². The number of nitrogens with one attached hydrogen (secondary N) is 1. The van der Waals surface area contributed by atoms with Crippen LogP contribution in [0.25, 0.3) is 0 Å². The summed E-state index contributed by atoms with van der Waals surface area (Å²) in [7, 11) is 0. The molecule has 138 valence electrons. The fraction of sp³-hybridized carbons (Fsp3) is 0. The molecule has 0 unspecified atom stereocenters. The molecule has 0 atom stereocenters. The van der Waals surface area contributed by atoms with Gasteiger partial charge in [0.15, 0.2) is 5.84 Å². The molecular weight excluding hydrogens is 354 g/mol. The highest BCUT2D eigenvalue weighted by atomic mass is 16.6. The number of esters is 2. The molecule has 6 heteroatoms. The van der Waals surface area contributed by atoms with Gasteiger partial charge < -0.3 is 10.5 Å². The molecule has 1 aliphatic rings. The van der Waals surface area contributed by atoms with Crippen molar-refractivity contribution < 1.29 is 14.3 Å². The summed E-state index contributed by atoms with van der Waals surface area (Å²) in [4.78, 5) is 27.0. The number of rotatable bonds is 2. The first-order chi connectivity index (χ1) is 13.6. The van der Waals surface area contributed by atoms with Crippen molar-refractivity contribution >= 4 is 23.6 Å². The van der Waals surface area contributed by atoms with Gasteiger partial charge in [0.1, 0.15) is 5.84 Å². The maximum Gasteiger partial charge on any atom is 0.346 e. The zero-order valence-electron chi connectivity index (χ0n) is 14.8. The highest BCUT2D eigenvalue weighted by molar-refractivity contribution is 6.20. The molecule has 0 bridgehead atoms. The number of hydrogen-bond acceptors (Lipinski definition) is 5. The van der Waals surface area contributed by atoms with Crippen molar-refractivity contribution in [3.05, 3.63) is 107 Å². The molecule has 0 saturated heterocycles. The largest absolute Gasteiger partial charge is 0.386 e. The van der Waals surface area contributed by atoms with Crippen LogP contribution in [-0.4, -0.2) is 23.6 Å². The van der Waals surface area contributed by atoms with E-state index in [4.69, 9.17) is 15.9 Å². The van der Waals surface area contributed by atoms with Crippen molar-refractivity contribution in [1.29, 1.82) is 5.41 Å². The second kappa shape index (κ2) is 8.55. The number of nitrogens with zero attached hydrogens (tertiary/aromatic N) is 1. The van der Waals surface area contributed by atoms with Gasteiger partial charge in [-0.1, -0.05) is 60.7 Å². The van der Waals surface area contributed by atoms with Crippen molar-refractivity contribution in [2.45, 2.75) is 0 Å². The Morgan fingerprint density at radius 2 is 1.14 bits per heavy atom. The van der Waals surface area contributed by atoms with Gasteiger partial charge in [0.05, 0.1) is 11.1 Å². The van der Waals surface area contributed by atoms with E-state index in [9.17, 15) is 9.59 Å². The number of ether oxygens (including phenoxy) is 1. The summed E-state index contributed by atoms with van der Waals surface area (Å²) in [5.41, 5.74) is 7.96. The van der Waals surface area contributed by atoms with E-state index in [1.54, 1.807) is 60.7 Å². The normalized spacial score (nSPS) is 11.6. The first kappa shape index (κ1) is 18.7. The smallest absolute Gasteiger partial charge is 0.346 e. The van der Waals surface area contributed by atoms with Gasteiger partial charge in [0, 0.05) is 11.1 Å². The zero-order chi connectivity index (χ0) is 19.9. The van der Waals surface area contributed by atoms with Crippen LogP contribution in [-0.2, 0) is 4.74 Å². The minimum absolute atomic E-state index is 0.262. The van der Waals surface area contributed by atoms with E-state index >= 15 is 0 Å². The average molecular weight is 371 g/mol. The summed E-state index contributed by atoms with van der Waals surface area (Å²) in [6, 6.07) is 24.3. The maximum atomic E-state index is 11.6. The molecule has 0 spiro atoms. The molecule has 28 heavy (non-hydrogen) atoms. The molecule has 3 aromatic carbocycles. The molecule has 0 fully saturated rings. The summed E-state index contributed by atoms with van der Waals surface area (Å²) in [6.45, 7) is 0. The first-order valence-electron chi connectivity index (χ1n) is 8.45. The Morgan fingerprint density at radius 1 is 0.714 bits per heavy atom. The van der Waals surface area contributed by atoms with Gasteiger partial charge >= 0.3 is 11.9 Å². The van der Waals surface area contributed by atoms with Gasteiger partial charge in [-0.25, -0.2) is 14.6 Å². The molecule has 1 aliphatic heterocycles. The van der Waals surface area contributed by atoms with Crippen LogP contribution in [0, 0.1) is 5.41 Å². The van der Waals surface area contributed by atoms with Gasteiger partial charge in [0.2, 0.25) is 0 Å². The van der Waals surface area contributed by atoms with Crippen molar-refractivity contribution in [2.24, 2.45) is 10.7 Å². The van der Waals surface area contributed by atoms with E-state index < -0.39 is 11.9 Å². The standard InChI is InChI=1S/C14H10O3.C8H7N3/c15-13(11-7-3-1-4-8-11)17-14(16)12-9-5-2-6-10-12;9-7-5-3-1-2-4-6(5)8(10)11-7/h1-10H;1-4H,(H3,9,10,11). The van der Waals surface area contributed by atoms with Gasteiger partial charge in [-0.2, -0.15) is 0 Å². The Hall–Kier alpha value is -4.06. The summed E-state index contributed by atoms with van der Waals surface area (Å²) in [6.07, 6.45) is 0. The lowest BCUT2D eigenvalue weighted by atomic mass is 10.1. The first-order valence-corrected chi connectivity index (χ1v) is 8.45. The van der Waals surface area contributed by atoms with Crippen LogP contribution < -0.4 is 5.73 Å². The monoisotopic (exact) mass is 371 g/mol. The lowest BCUT2D eigenvalue weighted by Gasteiger charge is -2.02. The number of aliphatic imine (C=N–C) groups is 1. The molecule has 0 saturated carbocycles. The minimum atomic E-state index is -0.639. The second-order valence-corrected chi connectivity index (χ2v) is 5.80. The molecule has 0 aromatic heterocycles. The molecule has 0 amide bonds. The quantitative estimate of drug-likeness (QED) is 0.532. The lowest BCUT2D eigenvalue weighted by molar-refractivity contribution is 0.0398. The third-order valence-electron chi connectivity index (χ3n) is 3.89. The summed E-state index contributed by atoms with van der Waals surface area (Å²) in [5, 5.41) is 7.39. The summed E-state index contributed by atoms with van der Waals surface area (Å²) in [5.74, 6) is -0.567. The third kappa shape index (κ3) is 4.37. The number of amidine groups is 2. The molecule has 0 aliphatic carbocycles. The molecule has 3 N–H and O–H groups in total. The van der Waals surface area contributed by atoms with Crippen molar-refractivity contribution in [2.75, 3.05) is 0 Å². The second-order valence-electron chi connectivity index (χ2n) is 5.80. The van der Waals surface area contributed by atoms with Gasteiger partial charge in [-0.05, 0) is 24.3 Å². The number of nitrogens with two attached hydrogens (primary N) is 1. The van der Waals surface area contributed by atoms with E-state index in [0.717, 1.165) is 11.1 Å². The molecule has 4 rings (SSSR count). The van der Waals surface area contributed by atoms with Gasteiger partial charge in [-0.15, -0.1) is 0 Å². The number of carbonyl (C=O) groups excluding carboxylic acids is 2. The van der Waals surface area contributed by atoms with Crippen LogP contribution in [0.15, 0.2) is 89.9 Å². The highest BCUT2D eigenvalue weighted by Crippen LogP contribution is 2.15. The number of carbonyl (C=O) groups is 2. The zero-order valence-corrected chi connectivity index (χ0v) is 14.8. The van der Waals surface area contributed by atoms with Gasteiger partial charge in [-0.3, -0.25) is 5.41 Å². The van der Waals surface area contributed by atoms with Crippen LogP contribution in [0.2, 0.25) is 0 Å². The molecule has 1 heterocycles. The van der Waals surface area contributed by atoms with Crippen molar-refractivity contribution in [3.8, 4) is 0 Å². The summed E-state index contributed by atoms with van der Waals surface area (Å²) >= 11 is 0.